The molecule has 0 saturated carbocycles. The average Bonchev–Trinajstić information content (AvgIpc) is 2.97. The van der Waals surface area contributed by atoms with Crippen LogP contribution in [0.15, 0.2) is 0 Å². The summed E-state index contributed by atoms with van der Waals surface area (Å²) in [5.41, 5.74) is -3.15. The first-order valence-electron chi connectivity index (χ1n) is 20.1. The van der Waals surface area contributed by atoms with Crippen LogP contribution in [0.1, 0.15) is 200 Å². The number of aliphatic hydroxyl groups is 1. The van der Waals surface area contributed by atoms with Gasteiger partial charge in [-0.05, 0) is 122 Å². The third-order valence-electron chi connectivity index (χ3n) is 9.16. The van der Waals surface area contributed by atoms with Gasteiger partial charge in [0.2, 0.25) is 0 Å². The van der Waals surface area contributed by atoms with E-state index in [1.54, 1.807) is 35.4 Å². The molecule has 0 amide bonds. The van der Waals surface area contributed by atoms with E-state index in [-0.39, 0.29) is 16.1 Å². The second-order valence-electron chi connectivity index (χ2n) is 18.8. The van der Waals surface area contributed by atoms with Crippen LogP contribution in [-0.2, 0) is 36.5 Å². The molecule has 1 N–H and O–H groups in total. The van der Waals surface area contributed by atoms with Crippen molar-refractivity contribution in [1.82, 2.24) is 0 Å². The lowest BCUT2D eigenvalue weighted by Gasteiger charge is -2.41. The Hall–Kier alpha value is 0.880. The van der Waals surface area contributed by atoms with Gasteiger partial charge < -0.3 is 18.9 Å². The molecular formula is C40H84O9P2S2. The number of ether oxygens (including phenoxy) is 1. The maximum Gasteiger partial charge on any atom is 0.475 e. The van der Waals surface area contributed by atoms with Crippen molar-refractivity contribution in [2.45, 2.75) is 237 Å². The predicted octanol–water partition coefficient (Wildman–Crippen LogP) is 14.3. The largest absolute Gasteiger partial charge is 0.475 e. The zero-order valence-corrected chi connectivity index (χ0v) is 40.7. The van der Waals surface area contributed by atoms with Gasteiger partial charge in [0.15, 0.2) is 5.34 Å². The van der Waals surface area contributed by atoms with Gasteiger partial charge >= 0.3 is 15.4 Å². The summed E-state index contributed by atoms with van der Waals surface area (Å²) in [5.74, 6) is 0. The summed E-state index contributed by atoms with van der Waals surface area (Å²) < 4.78 is 64.3. The Balaban J connectivity index is 5.62. The van der Waals surface area contributed by atoms with Crippen molar-refractivity contribution in [2.75, 3.05) is 20.8 Å². The fourth-order valence-electron chi connectivity index (χ4n) is 6.83. The van der Waals surface area contributed by atoms with Crippen LogP contribution in [0.5, 0.6) is 0 Å². The van der Waals surface area contributed by atoms with Crippen LogP contribution in [-0.4, -0.2) is 63.2 Å². The molecule has 0 aromatic carbocycles. The molecule has 0 aliphatic carbocycles. The summed E-state index contributed by atoms with van der Waals surface area (Å²) in [6, 6.07) is 0. The first kappa shape index (κ1) is 53.9. The third kappa shape index (κ3) is 23.2. The van der Waals surface area contributed by atoms with Gasteiger partial charge in [0.25, 0.3) is 0 Å². The van der Waals surface area contributed by atoms with Crippen LogP contribution in [0.4, 0.5) is 0 Å². The van der Waals surface area contributed by atoms with Crippen molar-refractivity contribution in [3.8, 4) is 0 Å². The van der Waals surface area contributed by atoms with Crippen LogP contribution < -0.4 is 0 Å². The van der Waals surface area contributed by atoms with Gasteiger partial charge in [0.05, 0.1) is 29.0 Å². The lowest BCUT2D eigenvalue weighted by Crippen LogP contribution is -2.38. The quantitative estimate of drug-likeness (QED) is 0.0397. The molecule has 0 saturated heterocycles. The Kier molecular flexibility index (Phi) is 23.3. The van der Waals surface area contributed by atoms with E-state index in [0.717, 1.165) is 38.5 Å². The lowest BCUT2D eigenvalue weighted by atomic mass is 9.91. The minimum Gasteiger partial charge on any atom is -0.390 e. The summed E-state index contributed by atoms with van der Waals surface area (Å²) in [6.07, 6.45) is 14.5. The van der Waals surface area contributed by atoms with E-state index in [2.05, 4.69) is 41.5 Å². The van der Waals surface area contributed by atoms with E-state index in [9.17, 15) is 14.2 Å². The van der Waals surface area contributed by atoms with Crippen LogP contribution >= 0.6 is 37.0 Å². The Bertz CT molecular complexity index is 1110. The third-order valence-corrected chi connectivity index (χ3v) is 17.9. The van der Waals surface area contributed by atoms with Crippen molar-refractivity contribution in [1.29, 1.82) is 0 Å². The number of rotatable bonds is 32. The van der Waals surface area contributed by atoms with E-state index in [0.29, 0.717) is 19.3 Å². The maximum atomic E-state index is 14.3. The zero-order valence-electron chi connectivity index (χ0n) is 37.2. The minimum atomic E-state index is -3.94. The van der Waals surface area contributed by atoms with Crippen molar-refractivity contribution in [3.63, 3.8) is 0 Å². The molecule has 0 aromatic heterocycles. The smallest absolute Gasteiger partial charge is 0.390 e. The molecule has 0 aromatic rings. The first-order valence-corrected chi connectivity index (χ1v) is 25.3. The summed E-state index contributed by atoms with van der Waals surface area (Å²) in [5, 5.41) is 9.08. The molecule has 0 aliphatic rings. The highest BCUT2D eigenvalue weighted by Gasteiger charge is 2.49. The standard InChI is InChI=1S/C40H84O9P2S2/c1-18-20-22-24-26-28-40(15,29-27-25-23-21-19-2)49-51(43,45-17)48-35(5,6)30-31-46-39(13,14)50(42,44-16)47-36(7,8)33-38(11,12)53-52-37(9,10)32-34(3,4)41/h41H,18-33H2,1-17H3. The Morgan fingerprint density at radius 3 is 1.42 bits per heavy atom. The van der Waals surface area contributed by atoms with E-state index < -0.39 is 43.2 Å². The van der Waals surface area contributed by atoms with Crippen LogP contribution in [0.25, 0.3) is 0 Å². The summed E-state index contributed by atoms with van der Waals surface area (Å²) in [6.45, 7) is 29.8. The van der Waals surface area contributed by atoms with E-state index >= 15 is 0 Å². The van der Waals surface area contributed by atoms with Crippen molar-refractivity contribution >= 4 is 37.0 Å². The fraction of sp³-hybridized carbons (Fsp3) is 1.00. The molecule has 13 heteroatoms. The number of unbranched alkanes of at least 4 members (excludes halogenated alkanes) is 8. The SMILES string of the molecule is CCCCCCCC(C)(CCCCCCC)OP(=O)(OC)OC(C)(C)CCOC(C)(C)P(=O)(OC)OC(C)(C)CC(C)(C)SSC(C)(C)CC(C)(C)O. The van der Waals surface area contributed by atoms with Gasteiger partial charge in [-0.25, -0.2) is 4.57 Å². The van der Waals surface area contributed by atoms with E-state index in [1.807, 2.05) is 48.5 Å². The molecule has 0 rings (SSSR count). The van der Waals surface area contributed by atoms with Gasteiger partial charge in [-0.2, -0.15) is 0 Å². The van der Waals surface area contributed by atoms with Crippen molar-refractivity contribution < 1.29 is 41.6 Å². The summed E-state index contributed by atoms with van der Waals surface area (Å²) >= 11 is 0. The summed E-state index contributed by atoms with van der Waals surface area (Å²) in [4.78, 5) is 0. The zero-order chi connectivity index (χ0) is 41.5. The highest BCUT2D eigenvalue weighted by molar-refractivity contribution is 8.77. The van der Waals surface area contributed by atoms with Gasteiger partial charge in [-0.15, -0.1) is 0 Å². The molecule has 53 heavy (non-hydrogen) atoms. The minimum absolute atomic E-state index is 0.140. The Morgan fingerprint density at radius 1 is 0.547 bits per heavy atom. The number of phosphoric ester groups is 1. The first-order chi connectivity index (χ1) is 23.9. The van der Waals surface area contributed by atoms with Gasteiger partial charge in [0, 0.05) is 23.7 Å². The molecule has 2 unspecified atom stereocenters. The van der Waals surface area contributed by atoms with Crippen LogP contribution in [0.2, 0.25) is 0 Å². The van der Waals surface area contributed by atoms with Crippen molar-refractivity contribution in [3.05, 3.63) is 0 Å². The normalized spacial score (nSPS) is 16.5. The molecule has 0 radical (unpaired) electrons. The highest BCUT2D eigenvalue weighted by atomic mass is 33.1. The number of hydrogen-bond acceptors (Lipinski definition) is 11. The average molecular weight is 835 g/mol. The van der Waals surface area contributed by atoms with Gasteiger partial charge in [-0.3, -0.25) is 18.1 Å². The Labute approximate surface area is 335 Å². The number of phosphoric acid groups is 1. The van der Waals surface area contributed by atoms with Gasteiger partial charge in [-0.1, -0.05) is 99.6 Å². The lowest BCUT2D eigenvalue weighted by molar-refractivity contribution is -0.0482. The van der Waals surface area contributed by atoms with E-state index in [1.165, 1.54) is 52.7 Å². The van der Waals surface area contributed by atoms with E-state index in [4.69, 9.17) is 27.4 Å². The van der Waals surface area contributed by atoms with Crippen LogP contribution in [0.3, 0.4) is 0 Å². The Morgan fingerprint density at radius 2 is 1.00 bits per heavy atom. The summed E-state index contributed by atoms with van der Waals surface area (Å²) in [7, 11) is -1.49. The molecule has 0 fully saturated rings. The second-order valence-corrected chi connectivity index (χ2v) is 26.6. The van der Waals surface area contributed by atoms with Crippen molar-refractivity contribution in [2.24, 2.45) is 0 Å². The topological polar surface area (TPSA) is 110 Å². The van der Waals surface area contributed by atoms with Gasteiger partial charge in [0.1, 0.15) is 0 Å². The fourth-order valence-corrected chi connectivity index (χ4v) is 13.1. The molecule has 0 aliphatic heterocycles. The molecule has 2 atom stereocenters. The number of hydrogen-bond donors (Lipinski definition) is 1. The molecular weight excluding hydrogens is 751 g/mol. The molecule has 0 spiro atoms. The molecule has 9 nitrogen and oxygen atoms in total. The maximum absolute atomic E-state index is 14.3. The highest BCUT2D eigenvalue weighted by Crippen LogP contribution is 2.63. The predicted molar refractivity (Wildman–Crippen MR) is 229 cm³/mol. The molecule has 320 valence electrons. The van der Waals surface area contributed by atoms with Crippen LogP contribution in [0, 0.1) is 0 Å². The molecule has 0 heterocycles. The monoisotopic (exact) mass is 835 g/mol. The second kappa shape index (κ2) is 22.9. The molecule has 0 bridgehead atoms.